The smallest absolute Gasteiger partial charge is 0.234 e. The van der Waals surface area contributed by atoms with E-state index in [-0.39, 0.29) is 11.7 Å². The molecule has 0 bridgehead atoms. The van der Waals surface area contributed by atoms with Crippen molar-refractivity contribution in [3.63, 3.8) is 0 Å². The van der Waals surface area contributed by atoms with Crippen molar-refractivity contribution in [3.05, 3.63) is 23.2 Å². The number of rotatable bonds is 3. The molecule has 1 rings (SSSR count). The number of nitrogens with one attached hydrogen (secondary N) is 1. The van der Waals surface area contributed by atoms with Crippen LogP contribution in [-0.2, 0) is 4.79 Å². The van der Waals surface area contributed by atoms with E-state index in [1.54, 1.807) is 25.3 Å². The predicted octanol–water partition coefficient (Wildman–Crippen LogP) is 2.22. The van der Waals surface area contributed by atoms with E-state index < -0.39 is 0 Å². The molecule has 0 spiro atoms. The van der Waals surface area contributed by atoms with E-state index in [0.717, 1.165) is 0 Å². The van der Waals surface area contributed by atoms with Crippen molar-refractivity contribution in [3.8, 4) is 5.75 Å². The van der Waals surface area contributed by atoms with Gasteiger partial charge in [-0.2, -0.15) is 12.6 Å². The molecule has 0 aliphatic rings. The van der Waals surface area contributed by atoms with Crippen molar-refractivity contribution in [1.29, 1.82) is 0 Å². The maximum absolute atomic E-state index is 11.0. The van der Waals surface area contributed by atoms with Gasteiger partial charge in [-0.05, 0) is 12.1 Å². The Kier molecular flexibility index (Phi) is 4.10. The second-order valence-corrected chi connectivity index (χ2v) is 3.28. The van der Waals surface area contributed by atoms with E-state index in [1.807, 2.05) is 0 Å². The zero-order valence-electron chi connectivity index (χ0n) is 7.58. The molecule has 0 aliphatic carbocycles. The van der Waals surface area contributed by atoms with Gasteiger partial charge in [0.25, 0.3) is 0 Å². The van der Waals surface area contributed by atoms with Gasteiger partial charge < -0.3 is 10.1 Å². The van der Waals surface area contributed by atoms with Crippen LogP contribution in [0.5, 0.6) is 5.75 Å². The van der Waals surface area contributed by atoms with Gasteiger partial charge in [0.15, 0.2) is 0 Å². The molecule has 0 unspecified atom stereocenters. The normalized spacial score (nSPS) is 9.64. The molecule has 0 fully saturated rings. The molecule has 3 nitrogen and oxygen atoms in total. The van der Waals surface area contributed by atoms with Gasteiger partial charge in [0.1, 0.15) is 5.75 Å². The predicted molar refractivity (Wildman–Crippen MR) is 60.5 cm³/mol. The van der Waals surface area contributed by atoms with E-state index in [0.29, 0.717) is 16.5 Å². The topological polar surface area (TPSA) is 38.3 Å². The van der Waals surface area contributed by atoms with Crippen LogP contribution in [0.3, 0.4) is 0 Å². The number of halogens is 1. The molecule has 1 aromatic rings. The quantitative estimate of drug-likeness (QED) is 0.783. The third kappa shape index (κ3) is 2.82. The summed E-state index contributed by atoms with van der Waals surface area (Å²) in [5.74, 6) is 0.556. The lowest BCUT2D eigenvalue weighted by atomic mass is 10.3. The van der Waals surface area contributed by atoms with Crippen molar-refractivity contribution >= 4 is 35.8 Å². The SMILES string of the molecule is COc1ccc(Cl)c(NC(=O)CS)c1. The van der Waals surface area contributed by atoms with Gasteiger partial charge in [-0.15, -0.1) is 0 Å². The first-order chi connectivity index (χ1) is 6.67. The average Bonchev–Trinajstić information content (AvgIpc) is 2.21. The summed E-state index contributed by atoms with van der Waals surface area (Å²) in [6, 6.07) is 5.04. The van der Waals surface area contributed by atoms with Crippen LogP contribution in [0.25, 0.3) is 0 Å². The minimum atomic E-state index is -0.205. The van der Waals surface area contributed by atoms with Gasteiger partial charge >= 0.3 is 0 Å². The number of hydrogen-bond acceptors (Lipinski definition) is 3. The van der Waals surface area contributed by atoms with E-state index in [1.165, 1.54) is 0 Å². The first-order valence-corrected chi connectivity index (χ1v) is 4.92. The minimum absolute atomic E-state index is 0.119. The summed E-state index contributed by atoms with van der Waals surface area (Å²) in [5, 5.41) is 3.08. The third-order valence-electron chi connectivity index (χ3n) is 1.59. The Balaban J connectivity index is 2.89. The van der Waals surface area contributed by atoms with Crippen LogP contribution in [0.15, 0.2) is 18.2 Å². The number of amides is 1. The fourth-order valence-electron chi connectivity index (χ4n) is 0.917. The Hall–Kier alpha value is -0.870. The number of ether oxygens (including phenoxy) is 1. The number of anilines is 1. The van der Waals surface area contributed by atoms with Gasteiger partial charge in [-0.3, -0.25) is 4.79 Å². The van der Waals surface area contributed by atoms with Crippen LogP contribution in [0.1, 0.15) is 0 Å². The van der Waals surface area contributed by atoms with Crippen molar-refractivity contribution in [2.24, 2.45) is 0 Å². The van der Waals surface area contributed by atoms with E-state index >= 15 is 0 Å². The summed E-state index contributed by atoms with van der Waals surface area (Å²) in [4.78, 5) is 11.0. The lowest BCUT2D eigenvalue weighted by Gasteiger charge is -2.07. The van der Waals surface area contributed by atoms with Crippen LogP contribution in [-0.4, -0.2) is 18.8 Å². The van der Waals surface area contributed by atoms with Crippen molar-refractivity contribution in [2.45, 2.75) is 0 Å². The largest absolute Gasteiger partial charge is 0.497 e. The highest BCUT2D eigenvalue weighted by Crippen LogP contribution is 2.26. The number of carbonyl (C=O) groups is 1. The molecule has 0 atom stereocenters. The number of hydrogen-bond donors (Lipinski definition) is 2. The van der Waals surface area contributed by atoms with Gasteiger partial charge in [-0.25, -0.2) is 0 Å². The van der Waals surface area contributed by atoms with Crippen LogP contribution in [0.2, 0.25) is 5.02 Å². The van der Waals surface area contributed by atoms with Gasteiger partial charge in [0.05, 0.1) is 23.6 Å². The number of benzene rings is 1. The fraction of sp³-hybridized carbons (Fsp3) is 0.222. The highest BCUT2D eigenvalue weighted by molar-refractivity contribution is 7.81. The lowest BCUT2D eigenvalue weighted by Crippen LogP contribution is -2.12. The van der Waals surface area contributed by atoms with Gasteiger partial charge in [-0.1, -0.05) is 11.6 Å². The molecule has 1 N–H and O–H groups in total. The molecule has 76 valence electrons. The Morgan fingerprint density at radius 3 is 2.93 bits per heavy atom. The highest BCUT2D eigenvalue weighted by atomic mass is 35.5. The first-order valence-electron chi connectivity index (χ1n) is 3.91. The van der Waals surface area contributed by atoms with E-state index in [9.17, 15) is 4.79 Å². The van der Waals surface area contributed by atoms with E-state index in [4.69, 9.17) is 16.3 Å². The molecule has 0 aromatic heterocycles. The first kappa shape index (κ1) is 11.2. The van der Waals surface area contributed by atoms with Crippen molar-refractivity contribution < 1.29 is 9.53 Å². The summed E-state index contributed by atoms with van der Waals surface area (Å²) in [6.45, 7) is 0. The third-order valence-corrected chi connectivity index (χ3v) is 2.21. The van der Waals surface area contributed by atoms with Crippen molar-refractivity contribution in [2.75, 3.05) is 18.2 Å². The molecule has 0 saturated carbocycles. The lowest BCUT2D eigenvalue weighted by molar-refractivity contribution is -0.113. The molecule has 0 saturated heterocycles. The van der Waals surface area contributed by atoms with Crippen LogP contribution >= 0.6 is 24.2 Å². The Morgan fingerprint density at radius 1 is 1.64 bits per heavy atom. The molecular weight excluding hydrogens is 222 g/mol. The maximum Gasteiger partial charge on any atom is 0.234 e. The second kappa shape index (κ2) is 5.12. The summed E-state index contributed by atoms with van der Waals surface area (Å²) in [7, 11) is 1.55. The molecule has 14 heavy (non-hydrogen) atoms. The summed E-state index contributed by atoms with van der Waals surface area (Å²) in [6.07, 6.45) is 0. The Bertz CT molecular complexity index is 344. The number of thiol groups is 1. The molecule has 1 aromatic carbocycles. The van der Waals surface area contributed by atoms with Gasteiger partial charge in [0.2, 0.25) is 5.91 Å². The molecule has 0 aliphatic heterocycles. The monoisotopic (exact) mass is 231 g/mol. The number of methoxy groups -OCH3 is 1. The summed E-state index contributed by atoms with van der Waals surface area (Å²) in [5.41, 5.74) is 0.532. The zero-order valence-corrected chi connectivity index (χ0v) is 9.23. The van der Waals surface area contributed by atoms with Crippen LogP contribution < -0.4 is 10.1 Å². The molecular formula is C9H10ClNO2S. The van der Waals surface area contributed by atoms with Crippen LogP contribution in [0, 0.1) is 0 Å². The van der Waals surface area contributed by atoms with E-state index in [2.05, 4.69) is 17.9 Å². The minimum Gasteiger partial charge on any atom is -0.497 e. The second-order valence-electron chi connectivity index (χ2n) is 2.55. The zero-order chi connectivity index (χ0) is 10.6. The molecule has 5 heteroatoms. The molecule has 0 heterocycles. The summed E-state index contributed by atoms with van der Waals surface area (Å²) >= 11 is 9.70. The highest BCUT2D eigenvalue weighted by Gasteiger charge is 2.05. The molecule has 0 radical (unpaired) electrons. The maximum atomic E-state index is 11.0. The standard InChI is InChI=1S/C9H10ClNO2S/c1-13-6-2-3-7(10)8(4-6)11-9(12)5-14/h2-4,14H,5H2,1H3,(H,11,12). The Morgan fingerprint density at radius 2 is 2.36 bits per heavy atom. The summed E-state index contributed by atoms with van der Waals surface area (Å²) < 4.78 is 5.00. The Labute approximate surface area is 92.8 Å². The van der Waals surface area contributed by atoms with Crippen molar-refractivity contribution in [1.82, 2.24) is 0 Å². The van der Waals surface area contributed by atoms with Gasteiger partial charge in [0, 0.05) is 6.07 Å². The fourth-order valence-corrected chi connectivity index (χ4v) is 1.16. The van der Waals surface area contributed by atoms with Crippen LogP contribution in [0.4, 0.5) is 5.69 Å². The molecule has 1 amide bonds. The average molecular weight is 232 g/mol. The number of carbonyl (C=O) groups excluding carboxylic acids is 1.